The molecular weight excluding hydrogens is 367 g/mol. The molecule has 0 saturated heterocycles. The highest BCUT2D eigenvalue weighted by Crippen LogP contribution is 2.24. The summed E-state index contributed by atoms with van der Waals surface area (Å²) in [7, 11) is 0. The maximum Gasteiger partial charge on any atom is 0.230 e. The molecule has 1 N–H and O–H groups in total. The molecule has 0 fully saturated rings. The van der Waals surface area contributed by atoms with E-state index in [0.29, 0.717) is 34.4 Å². The molecule has 0 bridgehead atoms. The monoisotopic (exact) mass is 386 g/mol. The Bertz CT molecular complexity index is 937. The Kier molecular flexibility index (Phi) is 6.08. The maximum absolute atomic E-state index is 13.6. The number of rotatable bonds is 8. The molecule has 0 aliphatic rings. The second-order valence-corrected chi connectivity index (χ2v) is 6.77. The van der Waals surface area contributed by atoms with Gasteiger partial charge in [-0.25, -0.2) is 4.39 Å². The van der Waals surface area contributed by atoms with Crippen LogP contribution in [0.2, 0.25) is 0 Å². The van der Waals surface area contributed by atoms with E-state index in [4.69, 9.17) is 4.42 Å². The Labute approximate surface area is 160 Å². The van der Waals surface area contributed by atoms with Gasteiger partial charge in [0.2, 0.25) is 11.7 Å². The van der Waals surface area contributed by atoms with Crippen LogP contribution in [0.25, 0.3) is 11.6 Å². The van der Waals surface area contributed by atoms with Gasteiger partial charge in [0.05, 0.1) is 12.0 Å². The molecular formula is C19H19FN4O2S. The lowest BCUT2D eigenvalue weighted by Crippen LogP contribution is -2.24. The molecule has 0 saturated carbocycles. The molecule has 0 unspecified atom stereocenters. The van der Waals surface area contributed by atoms with Crippen molar-refractivity contribution in [2.45, 2.75) is 25.2 Å². The number of benzene rings is 1. The number of thioether (sulfide) groups is 1. The van der Waals surface area contributed by atoms with Gasteiger partial charge < -0.3 is 9.73 Å². The summed E-state index contributed by atoms with van der Waals surface area (Å²) in [5.41, 5.74) is 1.29. The van der Waals surface area contributed by atoms with Gasteiger partial charge in [0.1, 0.15) is 5.82 Å². The van der Waals surface area contributed by atoms with Crippen molar-refractivity contribution in [3.05, 3.63) is 66.2 Å². The van der Waals surface area contributed by atoms with Gasteiger partial charge in [0, 0.05) is 13.1 Å². The Morgan fingerprint density at radius 3 is 2.96 bits per heavy atom. The lowest BCUT2D eigenvalue weighted by molar-refractivity contribution is -0.118. The van der Waals surface area contributed by atoms with Crippen LogP contribution < -0.4 is 5.32 Å². The first-order valence-electron chi connectivity index (χ1n) is 8.31. The van der Waals surface area contributed by atoms with E-state index in [1.54, 1.807) is 43.5 Å². The predicted molar refractivity (Wildman–Crippen MR) is 102 cm³/mol. The highest BCUT2D eigenvalue weighted by Gasteiger charge is 2.16. The number of hydrogen-bond acceptors (Lipinski definition) is 5. The van der Waals surface area contributed by atoms with Crippen molar-refractivity contribution in [2.75, 3.05) is 5.75 Å². The standard InChI is InChI=1S/C19H19FN4O2S/c1-3-8-24-18(16-5-4-9-26-16)22-23-19(24)27-12-17(25)21-11-14-7-6-13(2)15(20)10-14/h3-7,9-10H,1,8,11-12H2,2H3,(H,21,25). The zero-order valence-electron chi connectivity index (χ0n) is 14.8. The third-order valence-electron chi connectivity index (χ3n) is 3.83. The van der Waals surface area contributed by atoms with Gasteiger partial charge in [-0.2, -0.15) is 0 Å². The van der Waals surface area contributed by atoms with Gasteiger partial charge in [-0.15, -0.1) is 16.8 Å². The summed E-state index contributed by atoms with van der Waals surface area (Å²) in [5.74, 6) is 0.898. The van der Waals surface area contributed by atoms with Gasteiger partial charge in [0.15, 0.2) is 10.9 Å². The third-order valence-corrected chi connectivity index (χ3v) is 4.80. The lowest BCUT2D eigenvalue weighted by Gasteiger charge is -2.08. The maximum atomic E-state index is 13.6. The zero-order valence-corrected chi connectivity index (χ0v) is 15.6. The summed E-state index contributed by atoms with van der Waals surface area (Å²) < 4.78 is 20.8. The van der Waals surface area contributed by atoms with Crippen LogP contribution in [-0.2, 0) is 17.9 Å². The molecule has 0 aliphatic carbocycles. The molecule has 2 heterocycles. The molecule has 140 valence electrons. The normalized spacial score (nSPS) is 10.7. The fourth-order valence-electron chi connectivity index (χ4n) is 2.41. The summed E-state index contributed by atoms with van der Waals surface area (Å²) in [6.45, 7) is 6.21. The minimum atomic E-state index is -0.279. The Hall–Kier alpha value is -2.87. The number of aromatic nitrogens is 3. The first-order valence-corrected chi connectivity index (χ1v) is 9.29. The van der Waals surface area contributed by atoms with Crippen molar-refractivity contribution in [1.82, 2.24) is 20.1 Å². The van der Waals surface area contributed by atoms with Crippen molar-refractivity contribution in [1.29, 1.82) is 0 Å². The molecule has 0 radical (unpaired) electrons. The summed E-state index contributed by atoms with van der Waals surface area (Å²) in [6, 6.07) is 8.49. The van der Waals surface area contributed by atoms with Crippen LogP contribution >= 0.6 is 11.8 Å². The Balaban J connectivity index is 1.60. The summed E-state index contributed by atoms with van der Waals surface area (Å²) in [5, 5.41) is 11.7. The van der Waals surface area contributed by atoms with Crippen LogP contribution in [-0.4, -0.2) is 26.4 Å². The smallest absolute Gasteiger partial charge is 0.230 e. The van der Waals surface area contributed by atoms with Gasteiger partial charge in [-0.3, -0.25) is 9.36 Å². The van der Waals surface area contributed by atoms with Gasteiger partial charge >= 0.3 is 0 Å². The van der Waals surface area contributed by atoms with Gasteiger partial charge in [-0.05, 0) is 36.2 Å². The molecule has 1 amide bonds. The van der Waals surface area contributed by atoms with Crippen LogP contribution in [0, 0.1) is 12.7 Å². The summed E-state index contributed by atoms with van der Waals surface area (Å²) in [4.78, 5) is 12.1. The lowest BCUT2D eigenvalue weighted by atomic mass is 10.1. The van der Waals surface area contributed by atoms with E-state index in [2.05, 4.69) is 22.1 Å². The van der Waals surface area contributed by atoms with Crippen molar-refractivity contribution in [3.63, 3.8) is 0 Å². The van der Waals surface area contributed by atoms with E-state index in [1.807, 2.05) is 4.57 Å². The number of allylic oxidation sites excluding steroid dienone is 1. The SMILES string of the molecule is C=CCn1c(SCC(=O)NCc2ccc(C)c(F)c2)nnc1-c1ccco1. The fourth-order valence-corrected chi connectivity index (χ4v) is 3.18. The highest BCUT2D eigenvalue weighted by molar-refractivity contribution is 7.99. The fraction of sp³-hybridized carbons (Fsp3) is 0.211. The van der Waals surface area contributed by atoms with Crippen LogP contribution in [0.5, 0.6) is 0 Å². The molecule has 1 aromatic carbocycles. The van der Waals surface area contributed by atoms with Gasteiger partial charge in [0.25, 0.3) is 0 Å². The molecule has 27 heavy (non-hydrogen) atoms. The van der Waals surface area contributed by atoms with E-state index in [1.165, 1.54) is 17.8 Å². The highest BCUT2D eigenvalue weighted by atomic mass is 32.2. The average molecular weight is 386 g/mol. The summed E-state index contributed by atoms with van der Waals surface area (Å²) >= 11 is 1.27. The van der Waals surface area contributed by atoms with Crippen LogP contribution in [0.15, 0.2) is 58.8 Å². The molecule has 0 spiro atoms. The average Bonchev–Trinajstić information content (AvgIpc) is 3.31. The van der Waals surface area contributed by atoms with E-state index < -0.39 is 0 Å². The van der Waals surface area contributed by atoms with Crippen molar-refractivity contribution >= 4 is 17.7 Å². The van der Waals surface area contributed by atoms with Crippen molar-refractivity contribution in [2.24, 2.45) is 0 Å². The Morgan fingerprint density at radius 1 is 1.41 bits per heavy atom. The number of halogens is 1. The number of nitrogens with zero attached hydrogens (tertiary/aromatic N) is 3. The third kappa shape index (κ3) is 4.65. The van der Waals surface area contributed by atoms with Crippen molar-refractivity contribution in [3.8, 4) is 11.6 Å². The number of carbonyl (C=O) groups is 1. The molecule has 3 aromatic rings. The minimum Gasteiger partial charge on any atom is -0.461 e. The molecule has 6 nitrogen and oxygen atoms in total. The summed E-state index contributed by atoms with van der Waals surface area (Å²) in [6.07, 6.45) is 3.29. The van der Waals surface area contributed by atoms with Crippen molar-refractivity contribution < 1.29 is 13.6 Å². The molecule has 0 atom stereocenters. The second kappa shape index (κ2) is 8.68. The first-order chi connectivity index (χ1) is 13.1. The zero-order chi connectivity index (χ0) is 19.2. The predicted octanol–water partition coefficient (Wildman–Crippen LogP) is 3.58. The van der Waals surface area contributed by atoms with E-state index in [-0.39, 0.29) is 24.0 Å². The molecule has 3 rings (SSSR count). The molecule has 0 aliphatic heterocycles. The second-order valence-electron chi connectivity index (χ2n) is 5.83. The van der Waals surface area contributed by atoms with E-state index in [9.17, 15) is 9.18 Å². The number of carbonyl (C=O) groups excluding carboxylic acids is 1. The topological polar surface area (TPSA) is 73.0 Å². The van der Waals surface area contributed by atoms with E-state index >= 15 is 0 Å². The number of aryl methyl sites for hydroxylation is 1. The minimum absolute atomic E-state index is 0.168. The molecule has 8 heteroatoms. The number of furan rings is 1. The number of nitrogens with one attached hydrogen (secondary N) is 1. The first kappa shape index (κ1) is 18.9. The van der Waals surface area contributed by atoms with Crippen LogP contribution in [0.3, 0.4) is 0 Å². The van der Waals surface area contributed by atoms with Gasteiger partial charge in [-0.1, -0.05) is 30.0 Å². The number of amides is 1. The Morgan fingerprint density at radius 2 is 2.26 bits per heavy atom. The number of hydrogen-bond donors (Lipinski definition) is 1. The van der Waals surface area contributed by atoms with E-state index in [0.717, 1.165) is 0 Å². The molecule has 2 aromatic heterocycles. The van der Waals surface area contributed by atoms with Crippen LogP contribution in [0.4, 0.5) is 4.39 Å². The van der Waals surface area contributed by atoms with Crippen LogP contribution in [0.1, 0.15) is 11.1 Å². The quantitative estimate of drug-likeness (QED) is 0.473. The largest absolute Gasteiger partial charge is 0.461 e.